The van der Waals surface area contributed by atoms with E-state index in [1.54, 1.807) is 13.8 Å². The summed E-state index contributed by atoms with van der Waals surface area (Å²) in [7, 11) is 0. The first-order valence-electron chi connectivity index (χ1n) is 13.3. The molecule has 6 nitrogen and oxygen atoms in total. The molecule has 35 heavy (non-hydrogen) atoms. The molecule has 1 aliphatic rings. The zero-order chi connectivity index (χ0) is 25.6. The fourth-order valence-electron chi connectivity index (χ4n) is 4.42. The van der Waals surface area contributed by atoms with Crippen LogP contribution in [0.1, 0.15) is 91.4 Å². The molecule has 1 aliphatic heterocycles. The van der Waals surface area contributed by atoms with E-state index in [4.69, 9.17) is 15.2 Å². The highest BCUT2D eigenvalue weighted by atomic mass is 32.2. The molecule has 0 saturated carbocycles. The molecule has 4 atom stereocenters. The van der Waals surface area contributed by atoms with Crippen molar-refractivity contribution < 1.29 is 23.9 Å². The fourth-order valence-corrected chi connectivity index (χ4v) is 5.50. The van der Waals surface area contributed by atoms with Crippen molar-refractivity contribution in [1.29, 1.82) is 0 Å². The lowest BCUT2D eigenvalue weighted by molar-refractivity contribution is -0.173. The van der Waals surface area contributed by atoms with Gasteiger partial charge in [0.25, 0.3) is 0 Å². The second kappa shape index (κ2) is 15.9. The van der Waals surface area contributed by atoms with Crippen LogP contribution in [0.25, 0.3) is 0 Å². The summed E-state index contributed by atoms with van der Waals surface area (Å²) in [6.07, 6.45) is 11.2. The van der Waals surface area contributed by atoms with Gasteiger partial charge in [0.15, 0.2) is 0 Å². The van der Waals surface area contributed by atoms with Crippen LogP contribution < -0.4 is 5.73 Å². The van der Waals surface area contributed by atoms with E-state index in [0.29, 0.717) is 12.8 Å². The molecule has 1 amide bonds. The average Bonchev–Trinajstić information content (AvgIpc) is 2.81. The molecule has 2 rings (SSSR count). The van der Waals surface area contributed by atoms with Gasteiger partial charge in [-0.3, -0.25) is 14.4 Å². The minimum absolute atomic E-state index is 0.240. The van der Waals surface area contributed by atoms with Gasteiger partial charge in [-0.25, -0.2) is 0 Å². The Bertz CT molecular complexity index is 785. The van der Waals surface area contributed by atoms with Crippen molar-refractivity contribution in [2.24, 2.45) is 17.6 Å². The number of hydrogen-bond donors (Lipinski definition) is 1. The summed E-state index contributed by atoms with van der Waals surface area (Å²) in [6.45, 7) is 5.79. The summed E-state index contributed by atoms with van der Waals surface area (Å²) in [5.74, 6) is -2.70. The SMILES string of the molecule is CCCCCCCCCCC[C@@H](C[C@H]1OC(=O)[C@@H]1Sc1ccccc1)OC(=O)[C@H](C(N)=O)C(C)C. The molecular formula is C28H43NO5S. The monoisotopic (exact) mass is 505 g/mol. The second-order valence-corrected chi connectivity index (χ2v) is 11.1. The molecule has 1 fully saturated rings. The Morgan fingerprint density at radius 1 is 1.00 bits per heavy atom. The van der Waals surface area contributed by atoms with E-state index in [2.05, 4.69) is 6.92 Å². The number of primary amides is 1. The van der Waals surface area contributed by atoms with E-state index >= 15 is 0 Å². The van der Waals surface area contributed by atoms with Crippen LogP contribution in [-0.4, -0.2) is 35.3 Å². The number of nitrogens with two attached hydrogens (primary N) is 1. The fraction of sp³-hybridized carbons (Fsp3) is 0.679. The van der Waals surface area contributed by atoms with Gasteiger partial charge in [0.2, 0.25) is 5.91 Å². The minimum atomic E-state index is -0.973. The lowest BCUT2D eigenvalue weighted by atomic mass is 9.94. The van der Waals surface area contributed by atoms with E-state index < -0.39 is 23.9 Å². The highest BCUT2D eigenvalue weighted by Gasteiger charge is 2.45. The van der Waals surface area contributed by atoms with E-state index in [1.807, 2.05) is 30.3 Å². The predicted molar refractivity (Wildman–Crippen MR) is 140 cm³/mol. The van der Waals surface area contributed by atoms with Gasteiger partial charge in [0, 0.05) is 11.3 Å². The molecule has 0 aromatic heterocycles. The number of esters is 2. The van der Waals surface area contributed by atoms with Crippen molar-refractivity contribution in [2.75, 3.05) is 0 Å². The molecule has 0 bridgehead atoms. The second-order valence-electron chi connectivity index (χ2n) is 9.86. The largest absolute Gasteiger partial charge is 0.462 e. The van der Waals surface area contributed by atoms with Gasteiger partial charge in [-0.2, -0.15) is 0 Å². The van der Waals surface area contributed by atoms with E-state index in [-0.39, 0.29) is 23.2 Å². The first-order valence-corrected chi connectivity index (χ1v) is 14.1. The number of carbonyl (C=O) groups excluding carboxylic acids is 3. The normalized spacial score (nSPS) is 19.0. The maximum Gasteiger partial charge on any atom is 0.323 e. The number of rotatable bonds is 18. The van der Waals surface area contributed by atoms with Crippen molar-refractivity contribution in [3.63, 3.8) is 0 Å². The molecule has 0 spiro atoms. The number of thioether (sulfide) groups is 1. The van der Waals surface area contributed by atoms with Crippen LogP contribution in [-0.2, 0) is 23.9 Å². The molecule has 1 aromatic carbocycles. The van der Waals surface area contributed by atoms with Gasteiger partial charge in [0.05, 0.1) is 0 Å². The third-order valence-corrected chi connectivity index (χ3v) is 7.77. The summed E-state index contributed by atoms with van der Waals surface area (Å²) in [4.78, 5) is 37.8. The highest BCUT2D eigenvalue weighted by Crippen LogP contribution is 2.36. The molecular weight excluding hydrogens is 462 g/mol. The Kier molecular flexibility index (Phi) is 13.2. The number of ether oxygens (including phenoxy) is 2. The summed E-state index contributed by atoms with van der Waals surface area (Å²) >= 11 is 1.48. The molecule has 1 aromatic rings. The lowest BCUT2D eigenvalue weighted by Crippen LogP contribution is -2.50. The first kappa shape index (κ1) is 29.2. The third kappa shape index (κ3) is 10.2. The number of cyclic esters (lactones) is 1. The first-order chi connectivity index (χ1) is 16.8. The van der Waals surface area contributed by atoms with Gasteiger partial charge in [-0.05, 0) is 30.9 Å². The van der Waals surface area contributed by atoms with Gasteiger partial charge in [0.1, 0.15) is 23.4 Å². The number of amides is 1. The average molecular weight is 506 g/mol. The molecule has 1 heterocycles. The van der Waals surface area contributed by atoms with Crippen molar-refractivity contribution in [3.05, 3.63) is 30.3 Å². The lowest BCUT2D eigenvalue weighted by Gasteiger charge is -2.36. The zero-order valence-corrected chi connectivity index (χ0v) is 22.4. The van der Waals surface area contributed by atoms with Crippen LogP contribution in [0.4, 0.5) is 0 Å². The Balaban J connectivity index is 1.90. The van der Waals surface area contributed by atoms with Crippen LogP contribution in [0.15, 0.2) is 35.2 Å². The molecule has 2 N–H and O–H groups in total. The quantitative estimate of drug-likeness (QED) is 0.148. The summed E-state index contributed by atoms with van der Waals surface area (Å²) < 4.78 is 11.2. The number of hydrogen-bond acceptors (Lipinski definition) is 6. The van der Waals surface area contributed by atoms with E-state index in [1.165, 1.54) is 50.3 Å². The maximum atomic E-state index is 12.8. The summed E-state index contributed by atoms with van der Waals surface area (Å²) in [5.41, 5.74) is 5.47. The summed E-state index contributed by atoms with van der Waals surface area (Å²) in [6, 6.07) is 9.74. The van der Waals surface area contributed by atoms with Crippen LogP contribution in [0.3, 0.4) is 0 Å². The van der Waals surface area contributed by atoms with Crippen LogP contribution in [0, 0.1) is 11.8 Å². The van der Waals surface area contributed by atoms with Gasteiger partial charge < -0.3 is 15.2 Å². The molecule has 1 saturated heterocycles. The Morgan fingerprint density at radius 3 is 2.14 bits per heavy atom. The predicted octanol–water partition coefficient (Wildman–Crippen LogP) is 6.05. The number of carbonyl (C=O) groups is 3. The van der Waals surface area contributed by atoms with Gasteiger partial charge in [-0.1, -0.05) is 90.3 Å². The van der Waals surface area contributed by atoms with Crippen molar-refractivity contribution in [1.82, 2.24) is 0 Å². The topological polar surface area (TPSA) is 95.7 Å². The molecule has 7 heteroatoms. The van der Waals surface area contributed by atoms with Crippen molar-refractivity contribution in [3.8, 4) is 0 Å². The molecule has 0 unspecified atom stereocenters. The smallest absolute Gasteiger partial charge is 0.323 e. The van der Waals surface area contributed by atoms with Crippen LogP contribution in [0.5, 0.6) is 0 Å². The maximum absolute atomic E-state index is 12.8. The van der Waals surface area contributed by atoms with Gasteiger partial charge >= 0.3 is 11.9 Å². The van der Waals surface area contributed by atoms with E-state index in [9.17, 15) is 14.4 Å². The standard InChI is InChI=1S/C28H43NO5S/c1-4-5-6-7-8-9-10-11-13-16-21(33-27(31)24(20(2)3)26(29)30)19-23-25(28(32)34-23)35-22-17-14-12-15-18-22/h12,14-15,17-18,20-21,23-25H,4-11,13,16,19H2,1-3H3,(H2,29,30)/t21-,23+,24-,25+/m0/s1. The molecule has 0 radical (unpaired) electrons. The summed E-state index contributed by atoms with van der Waals surface area (Å²) in [5, 5.41) is -0.321. The Labute approximate surface area is 215 Å². The van der Waals surface area contributed by atoms with Gasteiger partial charge in [-0.15, -0.1) is 11.8 Å². The van der Waals surface area contributed by atoms with Crippen molar-refractivity contribution in [2.45, 2.75) is 114 Å². The minimum Gasteiger partial charge on any atom is -0.462 e. The Hall–Kier alpha value is -2.02. The van der Waals surface area contributed by atoms with Crippen LogP contribution >= 0.6 is 11.8 Å². The van der Waals surface area contributed by atoms with Crippen molar-refractivity contribution >= 4 is 29.6 Å². The molecule has 196 valence electrons. The number of unbranched alkanes of at least 4 members (excludes halogenated alkanes) is 8. The molecule has 0 aliphatic carbocycles. The number of benzene rings is 1. The Morgan fingerprint density at radius 2 is 1.60 bits per heavy atom. The highest BCUT2D eigenvalue weighted by molar-refractivity contribution is 8.00. The zero-order valence-electron chi connectivity index (χ0n) is 21.6. The van der Waals surface area contributed by atoms with Crippen LogP contribution in [0.2, 0.25) is 0 Å². The van der Waals surface area contributed by atoms with E-state index in [0.717, 1.165) is 24.2 Å². The third-order valence-electron chi connectivity index (χ3n) is 6.48.